The van der Waals surface area contributed by atoms with Crippen molar-refractivity contribution >= 4 is 5.69 Å². The number of nitrogens with zero attached hydrogens (tertiary/aromatic N) is 2. The standard InChI is InChI=1S/C18H18FN3/c19-16-6-3-5-15(13-16)17-7-1-2-8-18(17)21-9-4-11-22-12-10-20-14-22/h1-3,5-8,10,12-14,21H,4,9,11H2. The fraction of sp³-hybridized carbons (Fsp3) is 0.167. The predicted octanol–water partition coefficient (Wildman–Crippen LogP) is 4.19. The van der Waals surface area contributed by atoms with Gasteiger partial charge in [0.05, 0.1) is 6.33 Å². The van der Waals surface area contributed by atoms with Crippen LogP contribution in [0.5, 0.6) is 0 Å². The lowest BCUT2D eigenvalue weighted by atomic mass is 10.0. The summed E-state index contributed by atoms with van der Waals surface area (Å²) in [5.41, 5.74) is 2.93. The molecule has 112 valence electrons. The van der Waals surface area contributed by atoms with Gasteiger partial charge in [-0.1, -0.05) is 30.3 Å². The molecule has 4 heteroatoms. The molecule has 0 aliphatic heterocycles. The van der Waals surface area contributed by atoms with E-state index >= 15 is 0 Å². The van der Waals surface area contributed by atoms with E-state index in [2.05, 4.69) is 14.9 Å². The molecule has 0 saturated carbocycles. The molecule has 3 aromatic rings. The van der Waals surface area contributed by atoms with E-state index in [1.807, 2.05) is 42.9 Å². The molecular formula is C18H18FN3. The molecule has 2 aromatic carbocycles. The van der Waals surface area contributed by atoms with E-state index in [4.69, 9.17) is 0 Å². The molecule has 1 heterocycles. The minimum absolute atomic E-state index is 0.215. The summed E-state index contributed by atoms with van der Waals surface area (Å²) < 4.78 is 15.5. The molecule has 0 unspecified atom stereocenters. The van der Waals surface area contributed by atoms with Crippen LogP contribution in [0.4, 0.5) is 10.1 Å². The topological polar surface area (TPSA) is 29.9 Å². The molecule has 0 fully saturated rings. The summed E-state index contributed by atoms with van der Waals surface area (Å²) in [6.45, 7) is 1.78. The van der Waals surface area contributed by atoms with Gasteiger partial charge in [0, 0.05) is 36.7 Å². The zero-order valence-corrected chi connectivity index (χ0v) is 12.2. The van der Waals surface area contributed by atoms with Gasteiger partial charge in [0.1, 0.15) is 5.82 Å². The van der Waals surface area contributed by atoms with E-state index in [-0.39, 0.29) is 5.82 Å². The first kappa shape index (κ1) is 14.3. The Labute approximate surface area is 129 Å². The maximum atomic E-state index is 13.4. The van der Waals surface area contributed by atoms with Gasteiger partial charge in [-0.2, -0.15) is 0 Å². The summed E-state index contributed by atoms with van der Waals surface area (Å²) in [6.07, 6.45) is 6.56. The van der Waals surface area contributed by atoms with E-state index in [1.165, 1.54) is 6.07 Å². The van der Waals surface area contributed by atoms with Gasteiger partial charge < -0.3 is 9.88 Å². The highest BCUT2D eigenvalue weighted by atomic mass is 19.1. The highest BCUT2D eigenvalue weighted by molar-refractivity contribution is 5.77. The smallest absolute Gasteiger partial charge is 0.123 e. The van der Waals surface area contributed by atoms with Crippen LogP contribution >= 0.6 is 0 Å². The van der Waals surface area contributed by atoms with E-state index in [0.717, 1.165) is 36.3 Å². The van der Waals surface area contributed by atoms with Crippen LogP contribution in [0.15, 0.2) is 67.3 Å². The average Bonchev–Trinajstić information content (AvgIpc) is 3.05. The molecular weight excluding hydrogens is 277 g/mol. The van der Waals surface area contributed by atoms with Gasteiger partial charge in [0.2, 0.25) is 0 Å². The second-order valence-corrected chi connectivity index (χ2v) is 5.14. The lowest BCUT2D eigenvalue weighted by molar-refractivity contribution is 0.628. The highest BCUT2D eigenvalue weighted by Gasteiger charge is 2.05. The number of hydrogen-bond acceptors (Lipinski definition) is 2. The number of rotatable bonds is 6. The number of aromatic nitrogens is 2. The Kier molecular flexibility index (Phi) is 4.49. The van der Waals surface area contributed by atoms with Crippen molar-refractivity contribution in [3.63, 3.8) is 0 Å². The van der Waals surface area contributed by atoms with Gasteiger partial charge in [-0.15, -0.1) is 0 Å². The molecule has 0 spiro atoms. The molecule has 0 amide bonds. The molecule has 0 radical (unpaired) electrons. The van der Waals surface area contributed by atoms with Crippen LogP contribution in [0.3, 0.4) is 0 Å². The van der Waals surface area contributed by atoms with Gasteiger partial charge in [0.25, 0.3) is 0 Å². The predicted molar refractivity (Wildman–Crippen MR) is 87.2 cm³/mol. The summed E-state index contributed by atoms with van der Waals surface area (Å²) in [6, 6.07) is 14.7. The monoisotopic (exact) mass is 295 g/mol. The highest BCUT2D eigenvalue weighted by Crippen LogP contribution is 2.28. The molecule has 0 atom stereocenters. The van der Waals surface area contributed by atoms with Crippen LogP contribution in [-0.4, -0.2) is 16.1 Å². The lowest BCUT2D eigenvalue weighted by Gasteiger charge is -2.12. The van der Waals surface area contributed by atoms with E-state index < -0.39 is 0 Å². The lowest BCUT2D eigenvalue weighted by Crippen LogP contribution is -2.06. The molecule has 0 saturated heterocycles. The summed E-state index contributed by atoms with van der Waals surface area (Å²) in [5, 5.41) is 3.44. The maximum absolute atomic E-state index is 13.4. The number of aryl methyl sites for hydroxylation is 1. The Hall–Kier alpha value is -2.62. The van der Waals surface area contributed by atoms with Gasteiger partial charge >= 0.3 is 0 Å². The van der Waals surface area contributed by atoms with Gasteiger partial charge in [-0.05, 0) is 30.2 Å². The molecule has 0 aliphatic rings. The van der Waals surface area contributed by atoms with E-state index in [0.29, 0.717) is 0 Å². The van der Waals surface area contributed by atoms with Crippen LogP contribution in [0, 0.1) is 5.82 Å². The van der Waals surface area contributed by atoms with E-state index in [9.17, 15) is 4.39 Å². The fourth-order valence-electron chi connectivity index (χ4n) is 2.45. The molecule has 3 nitrogen and oxygen atoms in total. The molecule has 0 bridgehead atoms. The summed E-state index contributed by atoms with van der Waals surface area (Å²) in [4.78, 5) is 4.03. The fourth-order valence-corrected chi connectivity index (χ4v) is 2.45. The van der Waals surface area contributed by atoms with Crippen LogP contribution in [0.1, 0.15) is 6.42 Å². The third kappa shape index (κ3) is 3.52. The van der Waals surface area contributed by atoms with Crippen LogP contribution in [0.25, 0.3) is 11.1 Å². The molecule has 0 aliphatic carbocycles. The Balaban J connectivity index is 1.66. The summed E-state index contributed by atoms with van der Waals surface area (Å²) in [7, 11) is 0. The molecule has 3 rings (SSSR count). The van der Waals surface area contributed by atoms with Crippen molar-refractivity contribution in [3.8, 4) is 11.1 Å². The quantitative estimate of drug-likeness (QED) is 0.691. The minimum Gasteiger partial charge on any atom is -0.384 e. The Morgan fingerprint density at radius 3 is 2.82 bits per heavy atom. The summed E-state index contributed by atoms with van der Waals surface area (Å²) in [5.74, 6) is -0.215. The van der Waals surface area contributed by atoms with Crippen LogP contribution < -0.4 is 5.32 Å². The number of imidazole rings is 1. The summed E-state index contributed by atoms with van der Waals surface area (Å²) >= 11 is 0. The van der Waals surface area contributed by atoms with Crippen molar-refractivity contribution in [2.24, 2.45) is 0 Å². The number of benzene rings is 2. The third-order valence-corrected chi connectivity index (χ3v) is 3.53. The van der Waals surface area contributed by atoms with Crippen molar-refractivity contribution in [3.05, 3.63) is 73.1 Å². The largest absolute Gasteiger partial charge is 0.384 e. The van der Waals surface area contributed by atoms with Crippen molar-refractivity contribution < 1.29 is 4.39 Å². The number of nitrogens with one attached hydrogen (secondary N) is 1. The Morgan fingerprint density at radius 2 is 2.00 bits per heavy atom. The maximum Gasteiger partial charge on any atom is 0.123 e. The third-order valence-electron chi connectivity index (χ3n) is 3.53. The number of anilines is 1. The Bertz CT molecular complexity index is 723. The molecule has 1 aromatic heterocycles. The second-order valence-electron chi connectivity index (χ2n) is 5.14. The van der Waals surface area contributed by atoms with Crippen molar-refractivity contribution in [1.29, 1.82) is 0 Å². The first-order valence-electron chi connectivity index (χ1n) is 7.37. The molecule has 1 N–H and O–H groups in total. The van der Waals surface area contributed by atoms with Crippen molar-refractivity contribution in [2.45, 2.75) is 13.0 Å². The molecule has 22 heavy (non-hydrogen) atoms. The van der Waals surface area contributed by atoms with Gasteiger partial charge in [-0.25, -0.2) is 9.37 Å². The number of hydrogen-bond donors (Lipinski definition) is 1. The number of para-hydroxylation sites is 1. The van der Waals surface area contributed by atoms with Gasteiger partial charge in [-0.3, -0.25) is 0 Å². The number of halogens is 1. The van der Waals surface area contributed by atoms with Crippen molar-refractivity contribution in [1.82, 2.24) is 9.55 Å². The van der Waals surface area contributed by atoms with Crippen LogP contribution in [-0.2, 0) is 6.54 Å². The SMILES string of the molecule is Fc1cccc(-c2ccccc2NCCCn2ccnc2)c1. The van der Waals surface area contributed by atoms with E-state index in [1.54, 1.807) is 18.3 Å². The van der Waals surface area contributed by atoms with Crippen LogP contribution in [0.2, 0.25) is 0 Å². The zero-order valence-electron chi connectivity index (χ0n) is 12.2. The average molecular weight is 295 g/mol. The first-order chi connectivity index (χ1) is 10.8. The second kappa shape index (κ2) is 6.89. The van der Waals surface area contributed by atoms with Crippen molar-refractivity contribution in [2.75, 3.05) is 11.9 Å². The van der Waals surface area contributed by atoms with Gasteiger partial charge in [0.15, 0.2) is 0 Å². The Morgan fingerprint density at radius 1 is 1.09 bits per heavy atom. The minimum atomic E-state index is -0.215. The zero-order chi connectivity index (χ0) is 15.2. The normalized spacial score (nSPS) is 10.6. The first-order valence-corrected chi connectivity index (χ1v) is 7.37.